The predicted octanol–water partition coefficient (Wildman–Crippen LogP) is 1.78. The summed E-state index contributed by atoms with van der Waals surface area (Å²) in [6.07, 6.45) is 3.14. The van der Waals surface area contributed by atoms with Gasteiger partial charge < -0.3 is 9.47 Å². The molecule has 10 heteroatoms. The van der Waals surface area contributed by atoms with E-state index < -0.39 is 11.9 Å². The maximum atomic E-state index is 12.2. The second-order valence-electron chi connectivity index (χ2n) is 6.61. The number of carbonyl (C=O) groups excluding carboxylic acids is 2. The van der Waals surface area contributed by atoms with E-state index >= 15 is 0 Å². The fourth-order valence-electron chi connectivity index (χ4n) is 3.29. The highest BCUT2D eigenvalue weighted by Gasteiger charge is 2.24. The first-order valence-electron chi connectivity index (χ1n) is 9.78. The third-order valence-corrected chi connectivity index (χ3v) is 4.64. The van der Waals surface area contributed by atoms with Gasteiger partial charge >= 0.3 is 11.9 Å². The minimum Gasteiger partial charge on any atom is -0.461 e. The molecule has 0 spiro atoms. The summed E-state index contributed by atoms with van der Waals surface area (Å²) in [5, 5.41) is 14.2. The van der Waals surface area contributed by atoms with Crippen LogP contribution >= 0.6 is 0 Å². The Labute approximate surface area is 177 Å². The molecule has 0 radical (unpaired) electrons. The van der Waals surface area contributed by atoms with Crippen LogP contribution < -0.4 is 4.68 Å². The van der Waals surface area contributed by atoms with E-state index in [1.54, 1.807) is 31.8 Å². The normalized spacial score (nSPS) is 10.9. The molecule has 0 bridgehead atoms. The maximum Gasteiger partial charge on any atom is 0.384 e. The molecule has 0 saturated heterocycles. The Morgan fingerprint density at radius 3 is 2.48 bits per heavy atom. The molecule has 4 aromatic rings. The predicted molar refractivity (Wildman–Crippen MR) is 109 cm³/mol. The molecule has 2 aromatic carbocycles. The third kappa shape index (κ3) is 3.75. The first-order chi connectivity index (χ1) is 15.0. The number of benzene rings is 2. The highest BCUT2D eigenvalue weighted by molar-refractivity contribution is 5.96. The summed E-state index contributed by atoms with van der Waals surface area (Å²) in [6.45, 7) is 4.01. The summed E-state index contributed by atoms with van der Waals surface area (Å²) >= 11 is 0. The molecule has 4 rings (SSSR count). The van der Waals surface area contributed by atoms with Crippen molar-refractivity contribution < 1.29 is 23.7 Å². The Kier molecular flexibility index (Phi) is 5.44. The van der Waals surface area contributed by atoms with Crippen LogP contribution in [0.1, 0.15) is 34.8 Å². The second-order valence-corrected chi connectivity index (χ2v) is 6.61. The second kappa shape index (κ2) is 8.34. The molecule has 0 aliphatic rings. The van der Waals surface area contributed by atoms with Gasteiger partial charge in [0.2, 0.25) is 0 Å². The fraction of sp³-hybridized carbons (Fsp3) is 0.238. The van der Waals surface area contributed by atoms with Gasteiger partial charge in [-0.25, -0.2) is 14.3 Å². The molecule has 0 aliphatic heterocycles. The molecule has 0 unspecified atom stereocenters. The van der Waals surface area contributed by atoms with Gasteiger partial charge in [0.25, 0.3) is 5.69 Å². The van der Waals surface area contributed by atoms with Crippen LogP contribution in [-0.2, 0) is 16.5 Å². The van der Waals surface area contributed by atoms with E-state index in [1.165, 1.54) is 15.6 Å². The van der Waals surface area contributed by atoms with Crippen LogP contribution in [0.25, 0.3) is 22.1 Å². The van der Waals surface area contributed by atoms with E-state index in [2.05, 4.69) is 15.5 Å². The summed E-state index contributed by atoms with van der Waals surface area (Å²) in [5.41, 5.74) is 1.87. The van der Waals surface area contributed by atoms with E-state index in [-0.39, 0.29) is 18.9 Å². The van der Waals surface area contributed by atoms with E-state index in [4.69, 9.17) is 9.47 Å². The van der Waals surface area contributed by atoms with Crippen molar-refractivity contribution in [1.82, 2.24) is 24.9 Å². The molecular weight excluding hydrogens is 400 g/mol. The van der Waals surface area contributed by atoms with Crippen molar-refractivity contribution in [2.24, 2.45) is 7.05 Å². The van der Waals surface area contributed by atoms with Gasteiger partial charge in [-0.2, -0.15) is 0 Å². The topological polar surface area (TPSA) is 105 Å². The number of nitrogens with zero attached hydrogens (tertiary/aromatic N) is 6. The van der Waals surface area contributed by atoms with Gasteiger partial charge in [0.15, 0.2) is 17.6 Å². The van der Waals surface area contributed by atoms with Crippen molar-refractivity contribution in [3.8, 4) is 11.4 Å². The van der Waals surface area contributed by atoms with Crippen LogP contribution in [0.3, 0.4) is 0 Å². The lowest BCUT2D eigenvalue weighted by molar-refractivity contribution is -0.660. The van der Waals surface area contributed by atoms with Crippen molar-refractivity contribution >= 4 is 22.7 Å². The molecule has 10 nitrogen and oxygen atoms in total. The van der Waals surface area contributed by atoms with Crippen LogP contribution in [0, 0.1) is 0 Å². The van der Waals surface area contributed by atoms with Gasteiger partial charge in [0.05, 0.1) is 35.7 Å². The summed E-state index contributed by atoms with van der Waals surface area (Å²) in [6, 6.07) is 11.5. The zero-order valence-corrected chi connectivity index (χ0v) is 17.3. The first-order valence-corrected chi connectivity index (χ1v) is 9.78. The van der Waals surface area contributed by atoms with Crippen LogP contribution in [0.5, 0.6) is 0 Å². The first kappa shape index (κ1) is 20.2. The van der Waals surface area contributed by atoms with Gasteiger partial charge in [-0.1, -0.05) is 29.5 Å². The number of hydrogen-bond donors (Lipinski definition) is 0. The average Bonchev–Trinajstić information content (AvgIpc) is 3.40. The van der Waals surface area contributed by atoms with Crippen molar-refractivity contribution in [2.75, 3.05) is 13.2 Å². The lowest BCUT2D eigenvalue weighted by Gasteiger charge is -2.08. The van der Waals surface area contributed by atoms with Gasteiger partial charge in [-0.3, -0.25) is 0 Å². The molecule has 0 atom stereocenters. The molecule has 0 saturated carbocycles. The minimum absolute atomic E-state index is 0.117. The summed E-state index contributed by atoms with van der Waals surface area (Å²) in [7, 11) is 1.68. The van der Waals surface area contributed by atoms with Crippen LogP contribution in [0.15, 0.2) is 48.8 Å². The molecule has 2 heterocycles. The molecule has 31 heavy (non-hydrogen) atoms. The number of rotatable bonds is 6. The molecule has 2 aromatic heterocycles. The van der Waals surface area contributed by atoms with E-state index in [1.807, 2.05) is 36.4 Å². The van der Waals surface area contributed by atoms with Crippen LogP contribution in [0.4, 0.5) is 0 Å². The minimum atomic E-state index is -0.535. The molecule has 0 fully saturated rings. The average molecular weight is 421 g/mol. The monoisotopic (exact) mass is 421 g/mol. The molecule has 158 valence electrons. The Morgan fingerprint density at radius 1 is 1.03 bits per heavy atom. The molecule has 0 amide bonds. The van der Waals surface area contributed by atoms with Crippen molar-refractivity contribution in [3.63, 3.8) is 0 Å². The van der Waals surface area contributed by atoms with Gasteiger partial charge in [-0.15, -0.1) is 14.5 Å². The summed E-state index contributed by atoms with van der Waals surface area (Å²) < 4.78 is 14.7. The Bertz CT molecular complexity index is 1270. The zero-order chi connectivity index (χ0) is 22.0. The fourth-order valence-corrected chi connectivity index (χ4v) is 3.29. The molecule has 0 N–H and O–H groups in total. The van der Waals surface area contributed by atoms with Gasteiger partial charge in [-0.05, 0) is 31.4 Å². The Balaban J connectivity index is 1.85. The lowest BCUT2D eigenvalue weighted by Crippen LogP contribution is -2.33. The van der Waals surface area contributed by atoms with E-state index in [9.17, 15) is 9.59 Å². The largest absolute Gasteiger partial charge is 0.461 e. The van der Waals surface area contributed by atoms with Crippen molar-refractivity contribution in [3.05, 3.63) is 60.2 Å². The zero-order valence-electron chi connectivity index (χ0n) is 17.3. The SMILES string of the molecule is CCOC(=O)c1cn(-c2cccc3cccc(-[n+]4cc(C(=O)OCC)n(C)n4)c23)nn1. The quantitative estimate of drug-likeness (QED) is 0.345. The van der Waals surface area contributed by atoms with Crippen molar-refractivity contribution in [1.29, 1.82) is 0 Å². The van der Waals surface area contributed by atoms with E-state index in [0.717, 1.165) is 16.5 Å². The Morgan fingerprint density at radius 2 is 1.74 bits per heavy atom. The molecule has 0 aliphatic carbocycles. The summed E-state index contributed by atoms with van der Waals surface area (Å²) in [5.74, 6) is -0.987. The van der Waals surface area contributed by atoms with Crippen LogP contribution in [-0.4, -0.2) is 50.0 Å². The lowest BCUT2D eigenvalue weighted by atomic mass is 10.1. The summed E-state index contributed by atoms with van der Waals surface area (Å²) in [4.78, 5) is 24.2. The number of hydrogen-bond acceptors (Lipinski definition) is 7. The molecular formula is C21H21N6O4+. The standard InChI is InChI=1S/C21H21N6O4/c1-4-30-20(28)15-12-26(23-22-15)16-10-6-8-14-9-7-11-17(19(14)16)27-13-18(25(3)24-27)21(29)31-5-2/h6-13H,4-5H2,1-3H3/q+1. The maximum absolute atomic E-state index is 12.2. The highest BCUT2D eigenvalue weighted by atomic mass is 16.5. The number of aryl methyl sites for hydroxylation is 1. The Hall–Kier alpha value is -4.08. The number of fused-ring (bicyclic) bond motifs is 1. The number of esters is 2. The van der Waals surface area contributed by atoms with Gasteiger partial charge in [0, 0.05) is 0 Å². The van der Waals surface area contributed by atoms with Crippen molar-refractivity contribution in [2.45, 2.75) is 13.8 Å². The smallest absolute Gasteiger partial charge is 0.384 e. The number of carbonyl (C=O) groups is 2. The van der Waals surface area contributed by atoms with Gasteiger partial charge in [0.1, 0.15) is 7.05 Å². The highest BCUT2D eigenvalue weighted by Crippen LogP contribution is 2.26. The number of aromatic nitrogens is 6. The third-order valence-electron chi connectivity index (χ3n) is 4.64. The van der Waals surface area contributed by atoms with Crippen LogP contribution in [0.2, 0.25) is 0 Å². The van der Waals surface area contributed by atoms with E-state index in [0.29, 0.717) is 11.4 Å². The number of ether oxygens (including phenoxy) is 2.